The summed E-state index contributed by atoms with van der Waals surface area (Å²) < 4.78 is 7.63. The highest BCUT2D eigenvalue weighted by molar-refractivity contribution is 5.97. The molecule has 1 atom stereocenters. The van der Waals surface area contributed by atoms with Crippen LogP contribution >= 0.6 is 0 Å². The van der Waals surface area contributed by atoms with Gasteiger partial charge in [0, 0.05) is 30.7 Å². The van der Waals surface area contributed by atoms with E-state index in [1.807, 2.05) is 55.5 Å². The van der Waals surface area contributed by atoms with Crippen molar-refractivity contribution in [1.29, 1.82) is 0 Å². The van der Waals surface area contributed by atoms with E-state index in [2.05, 4.69) is 5.10 Å². The molecule has 4 rings (SSSR count). The fourth-order valence-corrected chi connectivity index (χ4v) is 3.42. The summed E-state index contributed by atoms with van der Waals surface area (Å²) in [5.74, 6) is 0.386. The minimum absolute atomic E-state index is 0.0352. The third kappa shape index (κ3) is 2.32. The highest BCUT2D eigenvalue weighted by Crippen LogP contribution is 2.34. The molecule has 1 fully saturated rings. The van der Waals surface area contributed by atoms with Gasteiger partial charge in [-0.3, -0.25) is 9.48 Å². The zero-order valence-electron chi connectivity index (χ0n) is 13.3. The lowest BCUT2D eigenvalue weighted by atomic mass is 10.1. The van der Waals surface area contributed by atoms with Gasteiger partial charge in [-0.15, -0.1) is 0 Å². The highest BCUT2D eigenvalue weighted by atomic mass is 16.3. The van der Waals surface area contributed by atoms with Gasteiger partial charge >= 0.3 is 0 Å². The SMILES string of the molecule is Cc1cccc2cc(C(=O)N3CCC[C@H]3c3cnn(C)c3)oc12. The van der Waals surface area contributed by atoms with Crippen LogP contribution in [0.15, 0.2) is 41.1 Å². The number of carbonyl (C=O) groups excluding carboxylic acids is 1. The van der Waals surface area contributed by atoms with Crippen LogP contribution in [0.25, 0.3) is 11.0 Å². The lowest BCUT2D eigenvalue weighted by Crippen LogP contribution is -2.30. The van der Waals surface area contributed by atoms with Gasteiger partial charge in [0.05, 0.1) is 12.2 Å². The van der Waals surface area contributed by atoms with E-state index in [-0.39, 0.29) is 11.9 Å². The Bertz CT molecular complexity index is 877. The molecule has 1 saturated heterocycles. The lowest BCUT2D eigenvalue weighted by Gasteiger charge is -2.22. The van der Waals surface area contributed by atoms with E-state index in [1.165, 1.54) is 0 Å². The molecular weight excluding hydrogens is 290 g/mol. The molecule has 118 valence electrons. The lowest BCUT2D eigenvalue weighted by molar-refractivity contribution is 0.0705. The van der Waals surface area contributed by atoms with E-state index in [9.17, 15) is 4.79 Å². The standard InChI is InChI=1S/C18H19N3O2/c1-12-5-3-6-13-9-16(23-17(12)13)18(22)21-8-4-7-15(21)14-10-19-20(2)11-14/h3,5-6,9-11,15H,4,7-8H2,1-2H3/t15-/m0/s1. The van der Waals surface area contributed by atoms with Gasteiger partial charge in [-0.25, -0.2) is 0 Å². The van der Waals surface area contributed by atoms with Gasteiger partial charge in [0.1, 0.15) is 5.58 Å². The van der Waals surface area contributed by atoms with Crippen LogP contribution in [0.2, 0.25) is 0 Å². The molecule has 0 aliphatic carbocycles. The van der Waals surface area contributed by atoms with Gasteiger partial charge in [0.25, 0.3) is 5.91 Å². The first-order valence-corrected chi connectivity index (χ1v) is 7.92. The smallest absolute Gasteiger partial charge is 0.290 e. The minimum atomic E-state index is -0.0352. The Labute approximate surface area is 134 Å². The molecule has 0 spiro atoms. The predicted octanol–water partition coefficient (Wildman–Crippen LogP) is 3.45. The number of nitrogens with zero attached hydrogens (tertiary/aromatic N) is 3. The zero-order valence-corrected chi connectivity index (χ0v) is 13.3. The van der Waals surface area contributed by atoms with Crippen LogP contribution in [-0.4, -0.2) is 27.1 Å². The first-order valence-electron chi connectivity index (χ1n) is 7.92. The first kappa shape index (κ1) is 14.1. The molecule has 5 nitrogen and oxygen atoms in total. The molecule has 23 heavy (non-hydrogen) atoms. The Morgan fingerprint density at radius 1 is 1.39 bits per heavy atom. The highest BCUT2D eigenvalue weighted by Gasteiger charge is 2.33. The number of aromatic nitrogens is 2. The van der Waals surface area contributed by atoms with Crippen molar-refractivity contribution in [3.05, 3.63) is 53.5 Å². The number of hydrogen-bond donors (Lipinski definition) is 0. The Kier molecular flexibility index (Phi) is 3.22. The van der Waals surface area contributed by atoms with Crippen molar-refractivity contribution in [3.63, 3.8) is 0 Å². The number of fused-ring (bicyclic) bond motifs is 1. The molecule has 0 saturated carbocycles. The summed E-state index contributed by atoms with van der Waals surface area (Å²) in [7, 11) is 1.90. The fourth-order valence-electron chi connectivity index (χ4n) is 3.42. The van der Waals surface area contributed by atoms with Gasteiger partial charge in [-0.1, -0.05) is 18.2 Å². The molecule has 3 aromatic rings. The molecular formula is C18H19N3O2. The average molecular weight is 309 g/mol. The van der Waals surface area contributed by atoms with Crippen LogP contribution in [0.1, 0.15) is 40.6 Å². The maximum absolute atomic E-state index is 12.9. The van der Waals surface area contributed by atoms with Crippen molar-refractivity contribution in [1.82, 2.24) is 14.7 Å². The molecule has 5 heteroatoms. The van der Waals surface area contributed by atoms with E-state index in [1.54, 1.807) is 4.68 Å². The van der Waals surface area contributed by atoms with Crippen LogP contribution < -0.4 is 0 Å². The molecule has 1 aliphatic heterocycles. The van der Waals surface area contributed by atoms with E-state index in [0.717, 1.165) is 41.5 Å². The number of likely N-dealkylation sites (tertiary alicyclic amines) is 1. The second-order valence-corrected chi connectivity index (χ2v) is 6.21. The van der Waals surface area contributed by atoms with Crippen LogP contribution in [-0.2, 0) is 7.05 Å². The quantitative estimate of drug-likeness (QED) is 0.728. The summed E-state index contributed by atoms with van der Waals surface area (Å²) in [6.45, 7) is 2.75. The number of para-hydroxylation sites is 1. The van der Waals surface area contributed by atoms with Crippen molar-refractivity contribution < 1.29 is 9.21 Å². The minimum Gasteiger partial charge on any atom is -0.451 e. The maximum atomic E-state index is 12.9. The van der Waals surface area contributed by atoms with Gasteiger partial charge in [-0.2, -0.15) is 5.10 Å². The van der Waals surface area contributed by atoms with Gasteiger partial charge < -0.3 is 9.32 Å². The third-order valence-corrected chi connectivity index (χ3v) is 4.58. The number of hydrogen-bond acceptors (Lipinski definition) is 3. The molecule has 2 aromatic heterocycles. The third-order valence-electron chi connectivity index (χ3n) is 4.58. The summed E-state index contributed by atoms with van der Waals surface area (Å²) in [4.78, 5) is 14.8. The number of furan rings is 1. The van der Waals surface area contributed by atoms with Crippen LogP contribution in [0.5, 0.6) is 0 Å². The van der Waals surface area contributed by atoms with Crippen LogP contribution in [0.3, 0.4) is 0 Å². The van der Waals surface area contributed by atoms with E-state index in [4.69, 9.17) is 4.42 Å². The van der Waals surface area contributed by atoms with Crippen molar-refractivity contribution in [2.24, 2.45) is 7.05 Å². The predicted molar refractivity (Wildman–Crippen MR) is 87.2 cm³/mol. The summed E-state index contributed by atoms with van der Waals surface area (Å²) in [5.41, 5.74) is 2.94. The van der Waals surface area contributed by atoms with Crippen molar-refractivity contribution in [2.45, 2.75) is 25.8 Å². The van der Waals surface area contributed by atoms with E-state index in [0.29, 0.717) is 5.76 Å². The Balaban J connectivity index is 1.68. The second-order valence-electron chi connectivity index (χ2n) is 6.21. The normalized spacial score (nSPS) is 18.0. The zero-order chi connectivity index (χ0) is 16.0. The van der Waals surface area contributed by atoms with Crippen molar-refractivity contribution in [3.8, 4) is 0 Å². The maximum Gasteiger partial charge on any atom is 0.290 e. The van der Waals surface area contributed by atoms with Crippen molar-refractivity contribution >= 4 is 16.9 Å². The summed E-state index contributed by atoms with van der Waals surface area (Å²) in [6.07, 6.45) is 5.80. The topological polar surface area (TPSA) is 51.3 Å². The first-order chi connectivity index (χ1) is 11.1. The number of aryl methyl sites for hydroxylation is 2. The van der Waals surface area contributed by atoms with E-state index >= 15 is 0 Å². The molecule has 0 radical (unpaired) electrons. The Morgan fingerprint density at radius 3 is 3.00 bits per heavy atom. The van der Waals surface area contributed by atoms with Gasteiger partial charge in [0.15, 0.2) is 5.76 Å². The van der Waals surface area contributed by atoms with Gasteiger partial charge in [0.2, 0.25) is 0 Å². The molecule has 0 unspecified atom stereocenters. The molecule has 1 aromatic carbocycles. The Morgan fingerprint density at radius 2 is 2.26 bits per heavy atom. The molecule has 3 heterocycles. The van der Waals surface area contributed by atoms with Gasteiger partial charge in [-0.05, 0) is 31.4 Å². The van der Waals surface area contributed by atoms with Crippen LogP contribution in [0.4, 0.5) is 0 Å². The fraction of sp³-hybridized carbons (Fsp3) is 0.333. The monoisotopic (exact) mass is 309 g/mol. The van der Waals surface area contributed by atoms with Crippen molar-refractivity contribution in [2.75, 3.05) is 6.54 Å². The second kappa shape index (κ2) is 5.26. The number of rotatable bonds is 2. The Hall–Kier alpha value is -2.56. The largest absolute Gasteiger partial charge is 0.451 e. The van der Waals surface area contributed by atoms with Crippen LogP contribution in [0, 0.1) is 6.92 Å². The number of amides is 1. The summed E-state index contributed by atoms with van der Waals surface area (Å²) in [6, 6.07) is 7.89. The molecule has 1 amide bonds. The summed E-state index contributed by atoms with van der Waals surface area (Å²) >= 11 is 0. The average Bonchev–Trinajstić information content (AvgIpc) is 3.24. The van der Waals surface area contributed by atoms with E-state index < -0.39 is 0 Å². The number of benzene rings is 1. The molecule has 1 aliphatic rings. The molecule has 0 N–H and O–H groups in total. The molecule has 0 bridgehead atoms. The summed E-state index contributed by atoms with van der Waals surface area (Å²) in [5, 5.41) is 5.21. The number of carbonyl (C=O) groups is 1.